The minimum Gasteiger partial charge on any atom is -0.490 e. The van der Waals surface area contributed by atoms with Crippen molar-refractivity contribution in [2.75, 3.05) is 6.61 Å². The molecule has 18 heavy (non-hydrogen) atoms. The number of ether oxygens (including phenoxy) is 1. The molecule has 3 nitrogen and oxygen atoms in total. The first kappa shape index (κ1) is 15.5. The molecular weight excluding hydrogens is 294 g/mol. The zero-order valence-corrected chi connectivity index (χ0v) is 13.0. The molecule has 0 aliphatic heterocycles. The molecule has 0 spiro atoms. The lowest BCUT2D eigenvalue weighted by atomic mass is 9.94. The van der Waals surface area contributed by atoms with Crippen LogP contribution >= 0.6 is 15.9 Å². The van der Waals surface area contributed by atoms with Crippen LogP contribution in [0.25, 0.3) is 0 Å². The van der Waals surface area contributed by atoms with Crippen LogP contribution in [0, 0.1) is 5.92 Å². The minimum atomic E-state index is -0.850. The minimum absolute atomic E-state index is 0.0999. The molecule has 102 valence electrons. The summed E-state index contributed by atoms with van der Waals surface area (Å²) in [7, 11) is 0. The van der Waals surface area contributed by atoms with Gasteiger partial charge in [-0.2, -0.15) is 0 Å². The van der Waals surface area contributed by atoms with Gasteiger partial charge in [0, 0.05) is 16.1 Å². The van der Waals surface area contributed by atoms with Crippen molar-refractivity contribution in [3.63, 3.8) is 0 Å². The summed E-state index contributed by atoms with van der Waals surface area (Å²) in [5, 5.41) is 10.2. The average Bonchev–Trinajstić information content (AvgIpc) is 2.26. The number of benzene rings is 1. The van der Waals surface area contributed by atoms with Crippen LogP contribution in [-0.4, -0.2) is 17.3 Å². The number of hydrogen-bond donors (Lipinski definition) is 2. The Morgan fingerprint density at radius 1 is 1.39 bits per heavy atom. The van der Waals surface area contributed by atoms with Gasteiger partial charge in [0.1, 0.15) is 12.4 Å². The van der Waals surface area contributed by atoms with Crippen molar-refractivity contribution in [3.8, 4) is 5.75 Å². The van der Waals surface area contributed by atoms with E-state index in [1.807, 2.05) is 39.0 Å². The molecule has 3 N–H and O–H groups in total. The van der Waals surface area contributed by atoms with Crippen LogP contribution < -0.4 is 10.5 Å². The summed E-state index contributed by atoms with van der Waals surface area (Å²) in [6.07, 6.45) is 0. The van der Waals surface area contributed by atoms with Crippen LogP contribution in [0.4, 0.5) is 0 Å². The van der Waals surface area contributed by atoms with Crippen LogP contribution in [0.15, 0.2) is 22.7 Å². The second-order valence-corrected chi connectivity index (χ2v) is 6.19. The standard InChI is InChI=1S/C14H22BrNO2/c1-9(2)14(4,17)8-18-13-7-11(15)5-6-12(13)10(3)16/h5-7,9-10,17H,8,16H2,1-4H3. The van der Waals surface area contributed by atoms with E-state index in [-0.39, 0.29) is 18.6 Å². The van der Waals surface area contributed by atoms with E-state index in [0.717, 1.165) is 15.8 Å². The lowest BCUT2D eigenvalue weighted by molar-refractivity contribution is -0.0269. The Morgan fingerprint density at radius 2 is 2.00 bits per heavy atom. The van der Waals surface area contributed by atoms with Gasteiger partial charge in [-0.15, -0.1) is 0 Å². The van der Waals surface area contributed by atoms with Crippen molar-refractivity contribution in [1.29, 1.82) is 0 Å². The van der Waals surface area contributed by atoms with E-state index in [4.69, 9.17) is 10.5 Å². The maximum Gasteiger partial charge on any atom is 0.125 e. The third kappa shape index (κ3) is 3.97. The van der Waals surface area contributed by atoms with Gasteiger partial charge in [-0.3, -0.25) is 0 Å². The fraction of sp³-hybridized carbons (Fsp3) is 0.571. The molecule has 2 atom stereocenters. The number of nitrogens with two attached hydrogens (primary N) is 1. The summed E-state index contributed by atoms with van der Waals surface area (Å²) < 4.78 is 6.68. The van der Waals surface area contributed by atoms with E-state index in [2.05, 4.69) is 15.9 Å². The molecular formula is C14H22BrNO2. The summed E-state index contributed by atoms with van der Waals surface area (Å²) in [4.78, 5) is 0. The Morgan fingerprint density at radius 3 is 2.50 bits per heavy atom. The van der Waals surface area contributed by atoms with Gasteiger partial charge in [-0.05, 0) is 31.9 Å². The third-order valence-electron chi connectivity index (χ3n) is 3.23. The van der Waals surface area contributed by atoms with E-state index in [9.17, 15) is 5.11 Å². The highest BCUT2D eigenvalue weighted by molar-refractivity contribution is 9.10. The fourth-order valence-corrected chi connectivity index (χ4v) is 1.74. The SMILES string of the molecule is CC(N)c1ccc(Br)cc1OCC(C)(O)C(C)C. The largest absolute Gasteiger partial charge is 0.490 e. The third-order valence-corrected chi connectivity index (χ3v) is 3.72. The molecule has 0 aromatic heterocycles. The van der Waals surface area contributed by atoms with Crippen molar-refractivity contribution >= 4 is 15.9 Å². The molecule has 0 radical (unpaired) electrons. The van der Waals surface area contributed by atoms with E-state index in [1.54, 1.807) is 6.92 Å². The predicted octanol–water partition coefficient (Wildman–Crippen LogP) is 3.25. The Labute approximate surface area is 117 Å². The molecule has 0 heterocycles. The maximum absolute atomic E-state index is 10.2. The zero-order chi connectivity index (χ0) is 13.9. The van der Waals surface area contributed by atoms with Crippen molar-refractivity contribution in [2.24, 2.45) is 11.7 Å². The van der Waals surface area contributed by atoms with Crippen LogP contribution in [0.5, 0.6) is 5.75 Å². The summed E-state index contributed by atoms with van der Waals surface area (Å²) in [5.41, 5.74) is 6.00. The summed E-state index contributed by atoms with van der Waals surface area (Å²) in [6, 6.07) is 5.66. The molecule has 1 rings (SSSR count). The van der Waals surface area contributed by atoms with Crippen molar-refractivity contribution < 1.29 is 9.84 Å². The number of aliphatic hydroxyl groups is 1. The van der Waals surface area contributed by atoms with Crippen LogP contribution in [0.2, 0.25) is 0 Å². The summed E-state index contributed by atoms with van der Waals surface area (Å²) in [6.45, 7) is 7.88. The predicted molar refractivity (Wildman–Crippen MR) is 77.7 cm³/mol. The topological polar surface area (TPSA) is 55.5 Å². The second kappa shape index (κ2) is 6.04. The lowest BCUT2D eigenvalue weighted by Crippen LogP contribution is -2.38. The quantitative estimate of drug-likeness (QED) is 0.877. The maximum atomic E-state index is 10.2. The van der Waals surface area contributed by atoms with E-state index < -0.39 is 5.60 Å². The van der Waals surface area contributed by atoms with E-state index >= 15 is 0 Å². The zero-order valence-electron chi connectivity index (χ0n) is 11.4. The molecule has 0 saturated carbocycles. The van der Waals surface area contributed by atoms with Crippen molar-refractivity contribution in [1.82, 2.24) is 0 Å². The molecule has 0 amide bonds. The van der Waals surface area contributed by atoms with Crippen LogP contribution in [-0.2, 0) is 0 Å². The number of rotatable bonds is 5. The average molecular weight is 316 g/mol. The first-order valence-electron chi connectivity index (χ1n) is 6.14. The van der Waals surface area contributed by atoms with Gasteiger partial charge < -0.3 is 15.6 Å². The Balaban J connectivity index is 2.87. The van der Waals surface area contributed by atoms with Gasteiger partial charge in [0.2, 0.25) is 0 Å². The molecule has 2 unspecified atom stereocenters. The lowest BCUT2D eigenvalue weighted by Gasteiger charge is -2.28. The van der Waals surface area contributed by atoms with Gasteiger partial charge in [0.05, 0.1) is 5.60 Å². The molecule has 1 aromatic rings. The van der Waals surface area contributed by atoms with Gasteiger partial charge in [-0.1, -0.05) is 35.8 Å². The first-order chi connectivity index (χ1) is 8.24. The monoisotopic (exact) mass is 315 g/mol. The van der Waals surface area contributed by atoms with Crippen LogP contribution in [0.3, 0.4) is 0 Å². The molecule has 0 fully saturated rings. The van der Waals surface area contributed by atoms with Gasteiger partial charge in [-0.25, -0.2) is 0 Å². The Kier molecular flexibility index (Phi) is 5.20. The molecule has 0 aliphatic carbocycles. The number of hydrogen-bond acceptors (Lipinski definition) is 3. The Hall–Kier alpha value is -0.580. The number of halogens is 1. The van der Waals surface area contributed by atoms with Crippen LogP contribution in [0.1, 0.15) is 39.3 Å². The second-order valence-electron chi connectivity index (χ2n) is 5.27. The summed E-state index contributed by atoms with van der Waals surface area (Å²) >= 11 is 3.41. The molecule has 0 bridgehead atoms. The normalized spacial score (nSPS) is 16.4. The molecule has 4 heteroatoms. The van der Waals surface area contributed by atoms with Crippen molar-refractivity contribution in [3.05, 3.63) is 28.2 Å². The summed E-state index contributed by atoms with van der Waals surface area (Å²) in [5.74, 6) is 0.851. The fourth-order valence-electron chi connectivity index (χ4n) is 1.40. The molecule has 0 aliphatic rings. The highest BCUT2D eigenvalue weighted by Gasteiger charge is 2.26. The molecule has 0 saturated heterocycles. The molecule has 1 aromatic carbocycles. The van der Waals surface area contributed by atoms with E-state index in [1.165, 1.54) is 0 Å². The van der Waals surface area contributed by atoms with Gasteiger partial charge in [0.25, 0.3) is 0 Å². The van der Waals surface area contributed by atoms with Crippen molar-refractivity contribution in [2.45, 2.75) is 39.3 Å². The first-order valence-corrected chi connectivity index (χ1v) is 6.93. The van der Waals surface area contributed by atoms with Gasteiger partial charge in [0.15, 0.2) is 0 Å². The highest BCUT2D eigenvalue weighted by atomic mass is 79.9. The van der Waals surface area contributed by atoms with Gasteiger partial charge >= 0.3 is 0 Å². The Bertz CT molecular complexity index is 403. The highest BCUT2D eigenvalue weighted by Crippen LogP contribution is 2.29. The smallest absolute Gasteiger partial charge is 0.125 e. The van der Waals surface area contributed by atoms with E-state index in [0.29, 0.717) is 0 Å².